The number of nitrogens with zero attached hydrogens (tertiary/aromatic N) is 3. The van der Waals surface area contributed by atoms with Crippen molar-refractivity contribution >= 4 is 34.4 Å². The Morgan fingerprint density at radius 2 is 2.30 bits per heavy atom. The summed E-state index contributed by atoms with van der Waals surface area (Å²) in [6.45, 7) is 0. The van der Waals surface area contributed by atoms with Crippen LogP contribution in [0.4, 0.5) is 5.69 Å². The summed E-state index contributed by atoms with van der Waals surface area (Å²) in [5, 5.41) is 23.7. The van der Waals surface area contributed by atoms with Gasteiger partial charge in [0.05, 0.1) is 29.6 Å². The van der Waals surface area contributed by atoms with E-state index in [9.17, 15) is 15.0 Å². The first-order valence-corrected chi connectivity index (χ1v) is 7.66. The van der Waals surface area contributed by atoms with Gasteiger partial charge in [0.15, 0.2) is 5.65 Å². The van der Waals surface area contributed by atoms with Gasteiger partial charge in [-0.15, -0.1) is 0 Å². The van der Waals surface area contributed by atoms with Crippen LogP contribution >= 0.6 is 11.6 Å². The number of hydrogen-bond acceptors (Lipinski definition) is 6. The smallest absolute Gasteiger partial charge is 0.229 e. The van der Waals surface area contributed by atoms with E-state index in [0.717, 1.165) is 0 Å². The molecule has 0 aliphatic heterocycles. The highest BCUT2D eigenvalue weighted by molar-refractivity contribution is 6.30. The van der Waals surface area contributed by atoms with Crippen LogP contribution in [0.2, 0.25) is 5.15 Å². The molecule has 23 heavy (non-hydrogen) atoms. The van der Waals surface area contributed by atoms with Crippen molar-refractivity contribution in [3.05, 3.63) is 17.5 Å². The molecule has 0 unspecified atom stereocenters. The fourth-order valence-electron chi connectivity index (χ4n) is 4.00. The second-order valence-electron chi connectivity index (χ2n) is 6.21. The number of rotatable bonds is 2. The lowest BCUT2D eigenvalue weighted by atomic mass is 9.98. The van der Waals surface area contributed by atoms with Crippen LogP contribution < -0.4 is 11.1 Å². The molecule has 2 aromatic heterocycles. The topological polar surface area (TPSA) is 126 Å². The van der Waals surface area contributed by atoms with E-state index in [2.05, 4.69) is 15.3 Å². The molecule has 0 radical (unpaired) electrons. The maximum Gasteiger partial charge on any atom is 0.229 e. The number of amides is 1. The number of nitrogen functional groups attached to an aromatic ring is 1. The number of halogens is 1. The van der Waals surface area contributed by atoms with Crippen LogP contribution in [0.5, 0.6) is 0 Å². The molecule has 2 fully saturated rings. The van der Waals surface area contributed by atoms with Gasteiger partial charge in [0.25, 0.3) is 0 Å². The van der Waals surface area contributed by atoms with Gasteiger partial charge in [-0.3, -0.25) is 4.79 Å². The van der Waals surface area contributed by atoms with E-state index in [1.165, 1.54) is 19.4 Å². The van der Waals surface area contributed by atoms with Crippen molar-refractivity contribution in [1.29, 1.82) is 0 Å². The summed E-state index contributed by atoms with van der Waals surface area (Å²) in [7, 11) is 1.52. The Bertz CT molecular complexity index is 824. The molecule has 0 aromatic carbocycles. The van der Waals surface area contributed by atoms with Crippen LogP contribution in [0.1, 0.15) is 12.5 Å². The highest BCUT2D eigenvalue weighted by Gasteiger charge is 2.75. The fourth-order valence-corrected chi connectivity index (χ4v) is 4.20. The third kappa shape index (κ3) is 1.71. The minimum absolute atomic E-state index is 0.188. The summed E-state index contributed by atoms with van der Waals surface area (Å²) < 4.78 is 1.66. The quantitative estimate of drug-likeness (QED) is 0.557. The number of carbonyl (C=O) groups is 1. The van der Waals surface area contributed by atoms with Crippen molar-refractivity contribution in [2.75, 3.05) is 12.8 Å². The molecular formula is C14H16ClN5O3. The van der Waals surface area contributed by atoms with Gasteiger partial charge in [-0.1, -0.05) is 11.6 Å². The summed E-state index contributed by atoms with van der Waals surface area (Å²) in [5.41, 5.74) is 6.26. The molecule has 5 atom stereocenters. The number of pyridine rings is 1. The summed E-state index contributed by atoms with van der Waals surface area (Å²) in [6, 6.07) is 1.00. The number of aliphatic hydroxyl groups excluding tert-OH is 2. The third-order valence-electron chi connectivity index (χ3n) is 5.17. The van der Waals surface area contributed by atoms with Crippen molar-refractivity contribution in [1.82, 2.24) is 19.9 Å². The Morgan fingerprint density at radius 1 is 1.57 bits per heavy atom. The maximum absolute atomic E-state index is 12.2. The van der Waals surface area contributed by atoms with Gasteiger partial charge in [0.2, 0.25) is 5.91 Å². The van der Waals surface area contributed by atoms with Gasteiger partial charge in [-0.25, -0.2) is 9.97 Å². The minimum Gasteiger partial charge on any atom is -0.397 e. The van der Waals surface area contributed by atoms with Crippen molar-refractivity contribution in [3.8, 4) is 0 Å². The second kappa shape index (κ2) is 4.56. The first kappa shape index (κ1) is 14.7. The number of hydrogen-bond donors (Lipinski definition) is 4. The second-order valence-corrected chi connectivity index (χ2v) is 6.60. The first-order chi connectivity index (χ1) is 10.9. The van der Waals surface area contributed by atoms with Crippen LogP contribution in [0.15, 0.2) is 12.4 Å². The average Bonchev–Trinajstić information content (AvgIpc) is 3.05. The van der Waals surface area contributed by atoms with Crippen molar-refractivity contribution in [2.45, 2.75) is 24.7 Å². The summed E-state index contributed by atoms with van der Waals surface area (Å²) in [6.07, 6.45) is -0.203. The number of anilines is 1. The number of carbonyl (C=O) groups excluding carboxylic acids is 1. The SMILES string of the molecule is CNC(=O)[C@]12C[C@@H]1[C@@H](n1cnc3c(N)cc(Cl)nc31)[C@H](O)[C@@H]2O. The standard InChI is InChI=1S/C14H16ClN5O3/c1-17-13(23)14-3-5(14)9(10(21)11(14)22)20-4-18-8-6(16)2-7(15)19-12(8)20/h2,4-5,9-11,21-22H,3H2,1H3,(H2,16,19)(H,17,23)/t5-,9-,10+,11+,14-/m1/s1. The van der Waals surface area contributed by atoms with Gasteiger partial charge in [0, 0.05) is 19.0 Å². The first-order valence-electron chi connectivity index (χ1n) is 7.28. The molecule has 8 nitrogen and oxygen atoms in total. The lowest BCUT2D eigenvalue weighted by molar-refractivity contribution is -0.132. The largest absolute Gasteiger partial charge is 0.397 e. The predicted molar refractivity (Wildman–Crippen MR) is 82.6 cm³/mol. The molecule has 2 aliphatic rings. The Morgan fingerprint density at radius 3 is 3.00 bits per heavy atom. The average molecular weight is 338 g/mol. The van der Waals surface area contributed by atoms with Gasteiger partial charge in [-0.05, 0) is 6.42 Å². The molecule has 0 bridgehead atoms. The Balaban J connectivity index is 1.82. The van der Waals surface area contributed by atoms with Crippen molar-refractivity contribution in [2.24, 2.45) is 11.3 Å². The molecule has 9 heteroatoms. The summed E-state index contributed by atoms with van der Waals surface area (Å²) in [5.74, 6) is -0.446. The fraction of sp³-hybridized carbons (Fsp3) is 0.500. The van der Waals surface area contributed by atoms with Crippen LogP contribution in [0, 0.1) is 11.3 Å². The van der Waals surface area contributed by atoms with E-state index in [-0.39, 0.29) is 17.0 Å². The molecule has 5 N–H and O–H groups in total. The Hall–Kier alpha value is -1.90. The molecule has 2 aliphatic carbocycles. The minimum atomic E-state index is -1.13. The van der Waals surface area contributed by atoms with Gasteiger partial charge in [-0.2, -0.15) is 0 Å². The van der Waals surface area contributed by atoms with E-state index in [1.807, 2.05) is 0 Å². The normalized spacial score (nSPS) is 35.3. The molecule has 2 aromatic rings. The lowest BCUT2D eigenvalue weighted by Crippen LogP contribution is -2.41. The number of aliphatic hydroxyl groups is 2. The van der Waals surface area contributed by atoms with E-state index in [0.29, 0.717) is 23.3 Å². The lowest BCUT2D eigenvalue weighted by Gasteiger charge is -2.23. The highest BCUT2D eigenvalue weighted by atomic mass is 35.5. The molecule has 2 heterocycles. The monoisotopic (exact) mass is 337 g/mol. The molecule has 0 saturated heterocycles. The number of imidazole rings is 1. The van der Waals surface area contributed by atoms with Gasteiger partial charge >= 0.3 is 0 Å². The number of aromatic nitrogens is 3. The van der Waals surface area contributed by atoms with Crippen LogP contribution in [0.25, 0.3) is 11.2 Å². The van der Waals surface area contributed by atoms with E-state index in [4.69, 9.17) is 17.3 Å². The summed E-state index contributed by atoms with van der Waals surface area (Å²) in [4.78, 5) is 20.6. The predicted octanol–water partition coefficient (Wildman–Crippen LogP) is -0.304. The molecule has 122 valence electrons. The number of fused-ring (bicyclic) bond motifs is 2. The van der Waals surface area contributed by atoms with Crippen LogP contribution in [0.3, 0.4) is 0 Å². The van der Waals surface area contributed by atoms with E-state index in [1.54, 1.807) is 4.57 Å². The number of nitrogens with one attached hydrogen (secondary N) is 1. The molecular weight excluding hydrogens is 322 g/mol. The summed E-state index contributed by atoms with van der Waals surface area (Å²) >= 11 is 5.96. The third-order valence-corrected chi connectivity index (χ3v) is 5.37. The zero-order valence-electron chi connectivity index (χ0n) is 12.3. The molecule has 2 saturated carbocycles. The molecule has 1 amide bonds. The molecule has 0 spiro atoms. The highest BCUT2D eigenvalue weighted by Crippen LogP contribution is 2.67. The Labute approximate surface area is 136 Å². The Kier molecular flexibility index (Phi) is 2.91. The van der Waals surface area contributed by atoms with E-state index < -0.39 is 23.7 Å². The zero-order chi connectivity index (χ0) is 16.5. The van der Waals surface area contributed by atoms with E-state index >= 15 is 0 Å². The van der Waals surface area contributed by atoms with Gasteiger partial charge in [0.1, 0.15) is 16.8 Å². The van der Waals surface area contributed by atoms with Crippen LogP contribution in [-0.2, 0) is 4.79 Å². The van der Waals surface area contributed by atoms with Crippen LogP contribution in [-0.4, -0.2) is 49.9 Å². The number of nitrogens with two attached hydrogens (primary N) is 1. The maximum atomic E-state index is 12.2. The van der Waals surface area contributed by atoms with Crippen molar-refractivity contribution < 1.29 is 15.0 Å². The van der Waals surface area contributed by atoms with Crippen molar-refractivity contribution in [3.63, 3.8) is 0 Å². The molecule has 4 rings (SSSR count). The zero-order valence-corrected chi connectivity index (χ0v) is 13.0. The van der Waals surface area contributed by atoms with Gasteiger partial charge < -0.3 is 25.8 Å².